The predicted octanol–water partition coefficient (Wildman–Crippen LogP) is 1.87. The van der Waals surface area contributed by atoms with Crippen LogP contribution in [0.4, 0.5) is 5.69 Å². The lowest BCUT2D eigenvalue weighted by molar-refractivity contribution is 0.0600. The number of halogens is 2. The average Bonchev–Trinajstić information content (AvgIpc) is 2.10. The average molecular weight is 265 g/mol. The van der Waals surface area contributed by atoms with Gasteiger partial charge in [-0.25, -0.2) is 9.78 Å². The number of nitrogens with two attached hydrogens (primary N) is 1. The molecule has 0 aromatic carbocycles. The Morgan fingerprint density at radius 3 is 2.92 bits per heavy atom. The Hall–Kier alpha value is -0.810. The number of carbonyl (C=O) groups is 1. The summed E-state index contributed by atoms with van der Waals surface area (Å²) in [6.07, 6.45) is 0. The van der Waals surface area contributed by atoms with Gasteiger partial charge in [-0.05, 0) is 22.0 Å². The van der Waals surface area contributed by atoms with E-state index in [1.54, 1.807) is 0 Å². The molecule has 2 N–H and O–H groups in total. The molecule has 0 saturated carbocycles. The van der Waals surface area contributed by atoms with Crippen LogP contribution in [0.1, 0.15) is 10.4 Å². The van der Waals surface area contributed by atoms with Gasteiger partial charge in [-0.15, -0.1) is 0 Å². The molecule has 0 fully saturated rings. The van der Waals surface area contributed by atoms with Gasteiger partial charge in [-0.2, -0.15) is 0 Å². The molecule has 0 unspecified atom stereocenters. The summed E-state index contributed by atoms with van der Waals surface area (Å²) in [5.74, 6) is -0.559. The van der Waals surface area contributed by atoms with E-state index in [0.29, 0.717) is 10.3 Å². The molecule has 1 aromatic rings. The molecule has 0 aliphatic heterocycles. The van der Waals surface area contributed by atoms with Crippen LogP contribution in [0.15, 0.2) is 10.7 Å². The summed E-state index contributed by atoms with van der Waals surface area (Å²) in [6.45, 7) is 0. The van der Waals surface area contributed by atoms with Gasteiger partial charge < -0.3 is 10.5 Å². The zero-order valence-electron chi connectivity index (χ0n) is 6.67. The molecule has 6 heteroatoms. The van der Waals surface area contributed by atoms with Gasteiger partial charge in [0.2, 0.25) is 0 Å². The van der Waals surface area contributed by atoms with Crippen molar-refractivity contribution in [3.05, 3.63) is 21.4 Å². The minimum atomic E-state index is -0.559. The van der Waals surface area contributed by atoms with E-state index >= 15 is 0 Å². The zero-order valence-corrected chi connectivity index (χ0v) is 9.02. The third-order valence-corrected chi connectivity index (χ3v) is 2.29. The Morgan fingerprint density at radius 2 is 2.38 bits per heavy atom. The lowest BCUT2D eigenvalue weighted by atomic mass is 10.3. The molecule has 0 aliphatic rings. The van der Waals surface area contributed by atoms with E-state index in [9.17, 15) is 4.79 Å². The summed E-state index contributed by atoms with van der Waals surface area (Å²) in [5.41, 5.74) is 6.00. The third-order valence-electron chi connectivity index (χ3n) is 1.36. The van der Waals surface area contributed by atoms with Gasteiger partial charge in [0.15, 0.2) is 0 Å². The number of nitrogens with zero attached hydrogens (tertiary/aromatic N) is 1. The van der Waals surface area contributed by atoms with Crippen LogP contribution >= 0.6 is 27.5 Å². The number of hydrogen-bond acceptors (Lipinski definition) is 4. The number of methoxy groups -OCH3 is 1. The SMILES string of the molecule is COC(=O)c1cc(N)c(Br)nc1Cl. The molecule has 0 atom stereocenters. The van der Waals surface area contributed by atoms with Crippen molar-refractivity contribution in [1.29, 1.82) is 0 Å². The first-order valence-electron chi connectivity index (χ1n) is 3.26. The molecule has 0 radical (unpaired) electrons. The number of rotatable bonds is 1. The molecular weight excluding hydrogens is 259 g/mol. The van der Waals surface area contributed by atoms with E-state index in [1.807, 2.05) is 0 Å². The summed E-state index contributed by atoms with van der Waals surface area (Å²) in [5, 5.41) is 0.0629. The lowest BCUT2D eigenvalue weighted by Crippen LogP contribution is -2.05. The first-order chi connectivity index (χ1) is 6.06. The molecule has 0 amide bonds. The normalized spacial score (nSPS) is 9.77. The van der Waals surface area contributed by atoms with Crippen molar-refractivity contribution < 1.29 is 9.53 Å². The van der Waals surface area contributed by atoms with Crippen molar-refractivity contribution in [2.45, 2.75) is 0 Å². The van der Waals surface area contributed by atoms with E-state index in [-0.39, 0.29) is 10.7 Å². The second-order valence-electron chi connectivity index (χ2n) is 2.20. The molecule has 70 valence electrons. The van der Waals surface area contributed by atoms with Crippen LogP contribution in [0.2, 0.25) is 5.15 Å². The minimum absolute atomic E-state index is 0.0629. The van der Waals surface area contributed by atoms with Crippen molar-refractivity contribution in [2.75, 3.05) is 12.8 Å². The Labute approximate surface area is 88.2 Å². The molecule has 13 heavy (non-hydrogen) atoms. The maximum Gasteiger partial charge on any atom is 0.341 e. The standard InChI is InChI=1S/C7H6BrClN2O2/c1-13-7(12)3-2-4(10)5(8)11-6(3)9/h2H,10H2,1H3. The molecule has 1 heterocycles. The van der Waals surface area contributed by atoms with Crippen molar-refractivity contribution in [2.24, 2.45) is 0 Å². The topological polar surface area (TPSA) is 65.2 Å². The van der Waals surface area contributed by atoms with Gasteiger partial charge in [-0.3, -0.25) is 0 Å². The van der Waals surface area contributed by atoms with Crippen LogP contribution < -0.4 is 5.73 Å². The fourth-order valence-electron chi connectivity index (χ4n) is 0.739. The predicted molar refractivity (Wildman–Crippen MR) is 52.7 cm³/mol. The fourth-order valence-corrected chi connectivity index (χ4v) is 1.35. The van der Waals surface area contributed by atoms with Gasteiger partial charge in [0.25, 0.3) is 0 Å². The summed E-state index contributed by atoms with van der Waals surface area (Å²) in [6, 6.07) is 1.41. The second-order valence-corrected chi connectivity index (χ2v) is 3.31. The first-order valence-corrected chi connectivity index (χ1v) is 4.43. The Kier molecular flexibility index (Phi) is 3.11. The maximum absolute atomic E-state index is 11.1. The highest BCUT2D eigenvalue weighted by atomic mass is 79.9. The Bertz CT molecular complexity index is 357. The Balaban J connectivity index is 3.23. The number of aromatic nitrogens is 1. The van der Waals surface area contributed by atoms with Gasteiger partial charge >= 0.3 is 5.97 Å². The molecular formula is C7H6BrClN2O2. The van der Waals surface area contributed by atoms with Crippen LogP contribution in [0.5, 0.6) is 0 Å². The second kappa shape index (κ2) is 3.93. The lowest BCUT2D eigenvalue weighted by Gasteiger charge is -2.03. The van der Waals surface area contributed by atoms with E-state index in [0.717, 1.165) is 0 Å². The van der Waals surface area contributed by atoms with Crippen molar-refractivity contribution >= 4 is 39.2 Å². The van der Waals surface area contributed by atoms with Crippen LogP contribution in [0, 0.1) is 0 Å². The quantitative estimate of drug-likeness (QED) is 0.622. The van der Waals surface area contributed by atoms with Gasteiger partial charge in [0, 0.05) is 0 Å². The summed E-state index contributed by atoms with van der Waals surface area (Å²) < 4.78 is 4.89. The van der Waals surface area contributed by atoms with Gasteiger partial charge in [0.05, 0.1) is 18.4 Å². The number of ether oxygens (including phenoxy) is 1. The summed E-state index contributed by atoms with van der Waals surface area (Å²) >= 11 is 8.76. The summed E-state index contributed by atoms with van der Waals surface area (Å²) in [4.78, 5) is 14.9. The number of pyridine rings is 1. The molecule has 1 aromatic heterocycles. The molecule has 0 bridgehead atoms. The van der Waals surface area contributed by atoms with E-state index in [1.165, 1.54) is 13.2 Å². The largest absolute Gasteiger partial charge is 0.465 e. The van der Waals surface area contributed by atoms with Crippen LogP contribution in [-0.2, 0) is 4.74 Å². The molecule has 4 nitrogen and oxygen atoms in total. The van der Waals surface area contributed by atoms with E-state index in [4.69, 9.17) is 17.3 Å². The minimum Gasteiger partial charge on any atom is -0.465 e. The molecule has 0 saturated heterocycles. The maximum atomic E-state index is 11.1. The molecule has 0 spiro atoms. The van der Waals surface area contributed by atoms with Crippen molar-refractivity contribution in [3.63, 3.8) is 0 Å². The number of anilines is 1. The van der Waals surface area contributed by atoms with E-state index in [2.05, 4.69) is 25.7 Å². The molecule has 1 rings (SSSR count). The molecule has 0 aliphatic carbocycles. The monoisotopic (exact) mass is 264 g/mol. The highest BCUT2D eigenvalue weighted by molar-refractivity contribution is 9.10. The van der Waals surface area contributed by atoms with Gasteiger partial charge in [0.1, 0.15) is 9.76 Å². The van der Waals surface area contributed by atoms with Crippen molar-refractivity contribution in [3.8, 4) is 0 Å². The highest BCUT2D eigenvalue weighted by Crippen LogP contribution is 2.23. The highest BCUT2D eigenvalue weighted by Gasteiger charge is 2.13. The smallest absolute Gasteiger partial charge is 0.341 e. The van der Waals surface area contributed by atoms with E-state index < -0.39 is 5.97 Å². The van der Waals surface area contributed by atoms with Crippen molar-refractivity contribution in [1.82, 2.24) is 4.98 Å². The number of nitrogen functional groups attached to an aromatic ring is 1. The summed E-state index contributed by atoms with van der Waals surface area (Å²) in [7, 11) is 1.26. The Morgan fingerprint density at radius 1 is 1.77 bits per heavy atom. The number of hydrogen-bond donors (Lipinski definition) is 1. The third kappa shape index (κ3) is 2.10. The van der Waals surface area contributed by atoms with Crippen LogP contribution in [0.3, 0.4) is 0 Å². The van der Waals surface area contributed by atoms with Gasteiger partial charge in [-0.1, -0.05) is 11.6 Å². The number of carbonyl (C=O) groups excluding carboxylic acids is 1. The first kappa shape index (κ1) is 10.3. The fraction of sp³-hybridized carbons (Fsp3) is 0.143. The van der Waals surface area contributed by atoms with Crippen LogP contribution in [0.25, 0.3) is 0 Å². The van der Waals surface area contributed by atoms with Crippen LogP contribution in [-0.4, -0.2) is 18.1 Å². The zero-order chi connectivity index (χ0) is 10.0. The number of esters is 1.